The van der Waals surface area contributed by atoms with Crippen molar-refractivity contribution in [1.29, 1.82) is 0 Å². The predicted octanol–water partition coefficient (Wildman–Crippen LogP) is 0.942. The molecule has 0 heterocycles. The Hall–Kier alpha value is -1.10. The van der Waals surface area contributed by atoms with E-state index in [9.17, 15) is 9.59 Å². The molecule has 2 N–H and O–H groups in total. The van der Waals surface area contributed by atoms with Crippen LogP contribution in [0.2, 0.25) is 0 Å². The van der Waals surface area contributed by atoms with Gasteiger partial charge in [0.05, 0.1) is 0 Å². The van der Waals surface area contributed by atoms with Crippen molar-refractivity contribution < 1.29 is 14.7 Å². The van der Waals surface area contributed by atoms with Crippen LogP contribution >= 0.6 is 0 Å². The second-order valence-electron chi connectivity index (χ2n) is 5.65. The molecule has 0 bridgehead atoms. The van der Waals surface area contributed by atoms with E-state index < -0.39 is 17.4 Å². The first-order valence-corrected chi connectivity index (χ1v) is 5.79. The third kappa shape index (κ3) is 5.68. The van der Waals surface area contributed by atoms with Crippen molar-refractivity contribution in [2.24, 2.45) is 5.41 Å². The fourth-order valence-electron chi connectivity index (χ4n) is 1.06. The first-order valence-electron chi connectivity index (χ1n) is 5.79. The van der Waals surface area contributed by atoms with Gasteiger partial charge in [-0.05, 0) is 20.9 Å². The van der Waals surface area contributed by atoms with E-state index in [2.05, 4.69) is 5.32 Å². The third-order valence-electron chi connectivity index (χ3n) is 2.64. The molecule has 0 radical (unpaired) electrons. The summed E-state index contributed by atoms with van der Waals surface area (Å²) in [6.07, 6.45) is 0. The van der Waals surface area contributed by atoms with Gasteiger partial charge in [-0.15, -0.1) is 0 Å². The summed E-state index contributed by atoms with van der Waals surface area (Å²) in [6, 6.07) is -0.627. The highest BCUT2D eigenvalue weighted by molar-refractivity contribution is 5.86. The van der Waals surface area contributed by atoms with Crippen LogP contribution in [-0.4, -0.2) is 47.6 Å². The molecule has 1 atom stereocenters. The van der Waals surface area contributed by atoms with Crippen LogP contribution in [0, 0.1) is 5.41 Å². The Morgan fingerprint density at radius 2 is 1.76 bits per heavy atom. The number of nitrogens with zero attached hydrogens (tertiary/aromatic N) is 1. The Morgan fingerprint density at radius 3 is 2.06 bits per heavy atom. The van der Waals surface area contributed by atoms with E-state index >= 15 is 0 Å². The number of rotatable bonds is 5. The SMILES string of the molecule is CC(C)N(C)CC(NC(=O)C(C)(C)C)C(=O)O. The van der Waals surface area contributed by atoms with Gasteiger partial charge in [-0.2, -0.15) is 0 Å². The molecule has 0 saturated carbocycles. The maximum atomic E-state index is 11.7. The minimum absolute atomic E-state index is 0.239. The van der Waals surface area contributed by atoms with Crippen molar-refractivity contribution in [2.75, 3.05) is 13.6 Å². The fraction of sp³-hybridized carbons (Fsp3) is 0.833. The quantitative estimate of drug-likeness (QED) is 0.755. The molecule has 5 nitrogen and oxygen atoms in total. The molecule has 0 aliphatic heterocycles. The lowest BCUT2D eigenvalue weighted by atomic mass is 9.95. The molecule has 0 aromatic rings. The van der Waals surface area contributed by atoms with Gasteiger partial charge in [-0.1, -0.05) is 20.8 Å². The highest BCUT2D eigenvalue weighted by Crippen LogP contribution is 2.13. The summed E-state index contributed by atoms with van der Waals surface area (Å²) < 4.78 is 0. The zero-order valence-corrected chi connectivity index (χ0v) is 11.6. The van der Waals surface area contributed by atoms with Gasteiger partial charge in [0.15, 0.2) is 0 Å². The molecular formula is C12H24N2O3. The summed E-state index contributed by atoms with van der Waals surface area (Å²) in [5.74, 6) is -1.25. The van der Waals surface area contributed by atoms with Crippen molar-refractivity contribution >= 4 is 11.9 Å². The van der Waals surface area contributed by atoms with Crippen molar-refractivity contribution in [3.8, 4) is 0 Å². The Morgan fingerprint density at radius 1 is 1.29 bits per heavy atom. The summed E-state index contributed by atoms with van der Waals surface area (Å²) in [5.41, 5.74) is -0.579. The summed E-state index contributed by atoms with van der Waals surface area (Å²) >= 11 is 0. The van der Waals surface area contributed by atoms with Crippen LogP contribution in [0.15, 0.2) is 0 Å². The molecule has 1 amide bonds. The predicted molar refractivity (Wildman–Crippen MR) is 66.8 cm³/mol. The summed E-state index contributed by atoms with van der Waals surface area (Å²) in [6.45, 7) is 9.53. The second-order valence-corrected chi connectivity index (χ2v) is 5.65. The topological polar surface area (TPSA) is 69.6 Å². The Bertz CT molecular complexity index is 282. The lowest BCUT2D eigenvalue weighted by molar-refractivity contribution is -0.143. The molecule has 0 rings (SSSR count). The average molecular weight is 244 g/mol. The number of carbonyl (C=O) groups excluding carboxylic acids is 1. The van der Waals surface area contributed by atoms with Crippen LogP contribution in [0.25, 0.3) is 0 Å². The monoisotopic (exact) mass is 244 g/mol. The number of carboxylic acid groups (broad SMARTS) is 1. The normalized spacial score (nSPS) is 13.9. The standard InChI is InChI=1S/C12H24N2O3/c1-8(2)14(6)7-9(10(15)16)13-11(17)12(3,4)5/h8-9H,7H2,1-6H3,(H,13,17)(H,15,16). The van der Waals surface area contributed by atoms with E-state index in [-0.39, 0.29) is 11.9 Å². The molecule has 0 spiro atoms. The highest BCUT2D eigenvalue weighted by atomic mass is 16.4. The Balaban J connectivity index is 4.57. The van der Waals surface area contributed by atoms with Gasteiger partial charge in [0.1, 0.15) is 6.04 Å². The van der Waals surface area contributed by atoms with Crippen LogP contribution in [0.1, 0.15) is 34.6 Å². The smallest absolute Gasteiger partial charge is 0.327 e. The zero-order chi connectivity index (χ0) is 13.8. The first kappa shape index (κ1) is 15.9. The number of carboxylic acids is 1. The Kier molecular flexibility index (Phi) is 5.61. The molecule has 17 heavy (non-hydrogen) atoms. The molecule has 0 aliphatic rings. The van der Waals surface area contributed by atoms with Gasteiger partial charge in [0.25, 0.3) is 0 Å². The molecule has 0 aromatic carbocycles. The van der Waals surface area contributed by atoms with Gasteiger partial charge in [-0.3, -0.25) is 4.79 Å². The number of hydrogen-bond donors (Lipinski definition) is 2. The maximum Gasteiger partial charge on any atom is 0.327 e. The van der Waals surface area contributed by atoms with Crippen molar-refractivity contribution in [3.63, 3.8) is 0 Å². The number of nitrogens with one attached hydrogen (secondary N) is 1. The molecule has 100 valence electrons. The van der Waals surface area contributed by atoms with Gasteiger partial charge in [-0.25, -0.2) is 4.79 Å². The van der Waals surface area contributed by atoms with E-state index in [1.54, 1.807) is 20.8 Å². The van der Waals surface area contributed by atoms with Crippen molar-refractivity contribution in [2.45, 2.75) is 46.7 Å². The molecule has 0 aromatic heterocycles. The minimum atomic E-state index is -1.00. The van der Waals surface area contributed by atoms with E-state index in [0.717, 1.165) is 0 Å². The number of likely N-dealkylation sites (N-methyl/N-ethyl adjacent to an activating group) is 1. The van der Waals surface area contributed by atoms with E-state index in [1.165, 1.54) is 0 Å². The maximum absolute atomic E-state index is 11.7. The lowest BCUT2D eigenvalue weighted by Crippen LogP contribution is -2.51. The van der Waals surface area contributed by atoms with Gasteiger partial charge in [0.2, 0.25) is 5.91 Å². The summed E-state index contributed by atoms with van der Waals surface area (Å²) in [7, 11) is 1.84. The van der Waals surface area contributed by atoms with Crippen molar-refractivity contribution in [1.82, 2.24) is 10.2 Å². The largest absolute Gasteiger partial charge is 0.480 e. The first-order chi connectivity index (χ1) is 7.55. The van der Waals surface area contributed by atoms with E-state index in [0.29, 0.717) is 6.54 Å². The van der Waals surface area contributed by atoms with Gasteiger partial charge in [0, 0.05) is 18.0 Å². The summed E-state index contributed by atoms with van der Waals surface area (Å²) in [5, 5.41) is 11.6. The third-order valence-corrected chi connectivity index (χ3v) is 2.64. The molecule has 5 heteroatoms. The molecule has 0 fully saturated rings. The average Bonchev–Trinajstić information content (AvgIpc) is 2.14. The number of amides is 1. The Labute approximate surface area is 103 Å². The number of aliphatic carboxylic acids is 1. The zero-order valence-electron chi connectivity index (χ0n) is 11.6. The van der Waals surface area contributed by atoms with Crippen LogP contribution in [0.4, 0.5) is 0 Å². The number of carbonyl (C=O) groups is 2. The van der Waals surface area contributed by atoms with Gasteiger partial charge >= 0.3 is 5.97 Å². The molecule has 0 saturated heterocycles. The second kappa shape index (κ2) is 6.00. The highest BCUT2D eigenvalue weighted by Gasteiger charge is 2.28. The molecule has 0 aliphatic carbocycles. The minimum Gasteiger partial charge on any atom is -0.480 e. The molecule has 1 unspecified atom stereocenters. The van der Waals surface area contributed by atoms with Crippen molar-refractivity contribution in [3.05, 3.63) is 0 Å². The fourth-order valence-corrected chi connectivity index (χ4v) is 1.06. The molecular weight excluding hydrogens is 220 g/mol. The lowest BCUT2D eigenvalue weighted by Gasteiger charge is -2.27. The van der Waals surface area contributed by atoms with Gasteiger partial charge < -0.3 is 15.3 Å². The van der Waals surface area contributed by atoms with E-state index in [1.807, 2.05) is 25.8 Å². The van der Waals surface area contributed by atoms with Crippen LogP contribution in [0.5, 0.6) is 0 Å². The summed E-state index contributed by atoms with van der Waals surface area (Å²) in [4.78, 5) is 24.7. The van der Waals surface area contributed by atoms with E-state index in [4.69, 9.17) is 5.11 Å². The van der Waals surface area contributed by atoms with Crippen LogP contribution in [0.3, 0.4) is 0 Å². The van der Waals surface area contributed by atoms with Crippen LogP contribution < -0.4 is 5.32 Å². The van der Waals surface area contributed by atoms with Crippen LogP contribution in [-0.2, 0) is 9.59 Å². The number of hydrogen-bond acceptors (Lipinski definition) is 3.